The first kappa shape index (κ1) is 31.3. The van der Waals surface area contributed by atoms with Crippen molar-refractivity contribution in [1.29, 1.82) is 0 Å². The Labute approximate surface area is 284 Å². The number of imide groups is 2. The molecule has 0 bridgehead atoms. The molecule has 2 spiro atoms. The molecule has 0 radical (unpaired) electrons. The normalized spacial score (nSPS) is 21.1. The van der Waals surface area contributed by atoms with Gasteiger partial charge in [-0.15, -0.1) is 0 Å². The van der Waals surface area contributed by atoms with Crippen LogP contribution in [0.1, 0.15) is 88.1 Å². The lowest BCUT2D eigenvalue weighted by Gasteiger charge is -2.39. The molecule has 6 amide bonds. The summed E-state index contributed by atoms with van der Waals surface area (Å²) in [5.41, 5.74) is 1.15. The van der Waals surface area contributed by atoms with Crippen molar-refractivity contribution in [2.24, 2.45) is 5.41 Å². The summed E-state index contributed by atoms with van der Waals surface area (Å²) in [6, 6.07) is 6.44. The number of nitrogens with one attached hydrogen (secondary N) is 5. The third-order valence-corrected chi connectivity index (χ3v) is 10.6. The average Bonchev–Trinajstić information content (AvgIpc) is 3.72. The van der Waals surface area contributed by atoms with Crippen LogP contribution < -0.4 is 32.1 Å². The van der Waals surface area contributed by atoms with E-state index in [4.69, 9.17) is 0 Å². The van der Waals surface area contributed by atoms with Gasteiger partial charge in [0.2, 0.25) is 17.7 Å². The highest BCUT2D eigenvalue weighted by Gasteiger charge is 2.54. The summed E-state index contributed by atoms with van der Waals surface area (Å²) in [6.07, 6.45) is 7.04. The van der Waals surface area contributed by atoms with Gasteiger partial charge in [0, 0.05) is 18.2 Å². The summed E-state index contributed by atoms with van der Waals surface area (Å²) < 4.78 is 1.62. The zero-order chi connectivity index (χ0) is 34.9. The van der Waals surface area contributed by atoms with Crippen molar-refractivity contribution in [3.63, 3.8) is 0 Å². The molecule has 16 heteroatoms. The first-order chi connectivity index (χ1) is 24.0. The Balaban J connectivity index is 0.929. The van der Waals surface area contributed by atoms with Crippen molar-refractivity contribution < 1.29 is 28.8 Å². The topological polar surface area (TPSA) is 214 Å². The van der Waals surface area contributed by atoms with E-state index in [0.29, 0.717) is 35.2 Å². The van der Waals surface area contributed by atoms with Gasteiger partial charge < -0.3 is 21.3 Å². The summed E-state index contributed by atoms with van der Waals surface area (Å²) in [5.74, 6) is -2.73. The van der Waals surface area contributed by atoms with Crippen LogP contribution in [-0.2, 0) is 20.0 Å². The van der Waals surface area contributed by atoms with Crippen molar-refractivity contribution in [2.45, 2.75) is 70.0 Å². The van der Waals surface area contributed by atoms with Crippen LogP contribution in [0.4, 0.5) is 23.0 Å². The van der Waals surface area contributed by atoms with Gasteiger partial charge in [0.25, 0.3) is 23.3 Å². The van der Waals surface area contributed by atoms with Crippen LogP contribution in [-0.4, -0.2) is 67.5 Å². The van der Waals surface area contributed by atoms with E-state index in [1.807, 2.05) is 0 Å². The van der Waals surface area contributed by atoms with Crippen LogP contribution in [0, 0.1) is 12.3 Å². The Morgan fingerprint density at radius 1 is 0.920 bits per heavy atom. The molecule has 50 heavy (non-hydrogen) atoms. The minimum atomic E-state index is -1.08. The Morgan fingerprint density at radius 3 is 2.38 bits per heavy atom. The number of piperidine rings is 1. The SMILES string of the molecule is Cc1cc(Nc2cc(NC(=O)CNc3ccc4c(c3)C(=O)N(C3CCC(=O)NC3=O)C4=O)ncn2)c(=O)n2c1C(=O)NC21CCC2(CC2)CC1. The van der Waals surface area contributed by atoms with Gasteiger partial charge >= 0.3 is 0 Å². The van der Waals surface area contributed by atoms with E-state index >= 15 is 0 Å². The molecule has 2 aliphatic carbocycles. The predicted molar refractivity (Wildman–Crippen MR) is 177 cm³/mol. The molecular formula is C34H33N9O7. The molecule has 5 aliphatic rings. The molecule has 2 saturated carbocycles. The third kappa shape index (κ3) is 5.18. The van der Waals surface area contributed by atoms with E-state index < -0.39 is 41.2 Å². The van der Waals surface area contributed by atoms with Gasteiger partial charge in [-0.05, 0) is 87.1 Å². The number of pyridine rings is 1. The summed E-state index contributed by atoms with van der Waals surface area (Å²) >= 11 is 0. The van der Waals surface area contributed by atoms with Crippen molar-refractivity contribution in [1.82, 2.24) is 30.1 Å². The largest absolute Gasteiger partial charge is 0.376 e. The van der Waals surface area contributed by atoms with Gasteiger partial charge in [0.05, 0.1) is 17.7 Å². The Morgan fingerprint density at radius 2 is 1.64 bits per heavy atom. The number of carbonyl (C=O) groups is 6. The Hall–Kier alpha value is -5.93. The fraction of sp³-hybridized carbons (Fsp3) is 0.382. The molecule has 16 nitrogen and oxygen atoms in total. The fourth-order valence-electron chi connectivity index (χ4n) is 7.65. The molecule has 1 saturated heterocycles. The number of hydrogen-bond donors (Lipinski definition) is 5. The second kappa shape index (κ2) is 11.3. The number of carbonyl (C=O) groups excluding carboxylic acids is 6. The molecule has 3 fully saturated rings. The highest BCUT2D eigenvalue weighted by atomic mass is 16.2. The van der Waals surface area contributed by atoms with Gasteiger partial charge in [-0.25, -0.2) is 9.97 Å². The molecule has 2 aromatic heterocycles. The van der Waals surface area contributed by atoms with Crippen molar-refractivity contribution in [2.75, 3.05) is 22.5 Å². The van der Waals surface area contributed by atoms with Gasteiger partial charge in [0.1, 0.15) is 41.0 Å². The first-order valence-electron chi connectivity index (χ1n) is 16.5. The van der Waals surface area contributed by atoms with Crippen molar-refractivity contribution >= 4 is 58.5 Å². The van der Waals surface area contributed by atoms with Crippen molar-refractivity contribution in [3.05, 3.63) is 69.4 Å². The Bertz CT molecular complexity index is 2110. The summed E-state index contributed by atoms with van der Waals surface area (Å²) in [7, 11) is 0. The van der Waals surface area contributed by atoms with E-state index in [1.54, 1.807) is 23.6 Å². The quantitative estimate of drug-likeness (QED) is 0.228. The van der Waals surface area contributed by atoms with Crippen molar-refractivity contribution in [3.8, 4) is 0 Å². The second-order valence-electron chi connectivity index (χ2n) is 13.7. The third-order valence-electron chi connectivity index (χ3n) is 10.6. The van der Waals surface area contributed by atoms with E-state index in [1.165, 1.54) is 37.4 Å². The molecule has 3 aromatic rings. The van der Waals surface area contributed by atoms with Gasteiger partial charge in [0.15, 0.2) is 0 Å². The number of hydrogen-bond acceptors (Lipinski definition) is 11. The van der Waals surface area contributed by atoms with Crippen LogP contribution in [0.2, 0.25) is 0 Å². The summed E-state index contributed by atoms with van der Waals surface area (Å²) in [6.45, 7) is 1.57. The molecule has 5 heterocycles. The maximum absolute atomic E-state index is 13.8. The molecule has 1 atom stereocenters. The maximum atomic E-state index is 13.8. The molecule has 3 aliphatic heterocycles. The highest BCUT2D eigenvalue weighted by molar-refractivity contribution is 6.23. The molecule has 1 unspecified atom stereocenters. The molecule has 1 aromatic carbocycles. The van der Waals surface area contributed by atoms with Crippen LogP contribution in [0.5, 0.6) is 0 Å². The van der Waals surface area contributed by atoms with Crippen LogP contribution in [0.3, 0.4) is 0 Å². The van der Waals surface area contributed by atoms with Gasteiger partial charge in [-0.3, -0.25) is 48.3 Å². The first-order valence-corrected chi connectivity index (χ1v) is 16.5. The van der Waals surface area contributed by atoms with Gasteiger partial charge in [-0.1, -0.05) is 0 Å². The smallest absolute Gasteiger partial charge is 0.276 e. The number of fused-ring (bicyclic) bond motifs is 3. The molecule has 5 N–H and O–H groups in total. The lowest BCUT2D eigenvalue weighted by Crippen LogP contribution is -2.54. The fourth-order valence-corrected chi connectivity index (χ4v) is 7.65. The van der Waals surface area contributed by atoms with E-state index in [2.05, 4.69) is 36.6 Å². The lowest BCUT2D eigenvalue weighted by molar-refractivity contribution is -0.136. The van der Waals surface area contributed by atoms with E-state index in [0.717, 1.165) is 17.7 Å². The highest BCUT2D eigenvalue weighted by Crippen LogP contribution is 2.59. The number of amides is 6. The van der Waals surface area contributed by atoms with Gasteiger partial charge in [-0.2, -0.15) is 0 Å². The molecular weight excluding hydrogens is 646 g/mol. The zero-order valence-corrected chi connectivity index (χ0v) is 27.1. The minimum absolute atomic E-state index is 0.0169. The molecule has 8 rings (SSSR count). The lowest BCUT2D eigenvalue weighted by atomic mass is 9.79. The minimum Gasteiger partial charge on any atom is -0.376 e. The molecule has 256 valence electrons. The monoisotopic (exact) mass is 679 g/mol. The van der Waals surface area contributed by atoms with Crippen LogP contribution >= 0.6 is 0 Å². The van der Waals surface area contributed by atoms with E-state index in [-0.39, 0.29) is 59.3 Å². The Kier molecular flexibility index (Phi) is 7.09. The summed E-state index contributed by atoms with van der Waals surface area (Å²) in [4.78, 5) is 98.8. The number of rotatable bonds is 7. The number of aromatic nitrogens is 3. The number of anilines is 4. The standard InChI is InChI=1S/C34H33N9O7/c1-17-12-21(32(50)43-27(17)29(47)41-34(43)10-8-33(6-7-33)9-11-34)38-23-14-24(37-16-36-23)39-26(45)15-35-18-2-3-19-20(13-18)31(49)42(30(19)48)22-4-5-25(44)40-28(22)46/h2-3,12-14,16,22,35H,4-11,15H2,1H3,(H,41,47)(H,40,44,46)(H2,36,37,38,39,45). The maximum Gasteiger partial charge on any atom is 0.276 e. The average molecular weight is 680 g/mol. The number of benzene rings is 1. The number of nitrogens with zero attached hydrogens (tertiary/aromatic N) is 4. The predicted octanol–water partition coefficient (Wildman–Crippen LogP) is 1.89. The van der Waals surface area contributed by atoms with Crippen LogP contribution in [0.25, 0.3) is 0 Å². The summed E-state index contributed by atoms with van der Waals surface area (Å²) in [5, 5.41) is 13.9. The van der Waals surface area contributed by atoms with E-state index in [9.17, 15) is 33.6 Å². The van der Waals surface area contributed by atoms with Crippen LogP contribution in [0.15, 0.2) is 41.5 Å². The zero-order valence-electron chi connectivity index (χ0n) is 27.1. The number of aryl methyl sites for hydroxylation is 1. The second-order valence-corrected chi connectivity index (χ2v) is 13.7.